The van der Waals surface area contributed by atoms with Crippen LogP contribution in [0.15, 0.2) is 18.2 Å². The van der Waals surface area contributed by atoms with Crippen molar-refractivity contribution in [3.8, 4) is 0 Å². The SMILES string of the molecule is CC(Br)C(=O)NC(C)c1ccc2c(c1)CCCC2. The van der Waals surface area contributed by atoms with Crippen molar-refractivity contribution in [2.75, 3.05) is 0 Å². The molecule has 1 aliphatic rings. The number of fused-ring (bicyclic) bond motifs is 1. The standard InChI is InChI=1S/C15H20BrNO/c1-10(16)15(18)17-11(2)13-8-7-12-5-3-4-6-14(12)9-13/h7-11H,3-6H2,1-2H3,(H,17,18). The van der Waals surface area contributed by atoms with Crippen LogP contribution < -0.4 is 5.32 Å². The van der Waals surface area contributed by atoms with Gasteiger partial charge in [-0.3, -0.25) is 4.79 Å². The van der Waals surface area contributed by atoms with Gasteiger partial charge in [-0.2, -0.15) is 0 Å². The summed E-state index contributed by atoms with van der Waals surface area (Å²) in [5.41, 5.74) is 4.15. The second-order valence-electron chi connectivity index (χ2n) is 5.08. The lowest BCUT2D eigenvalue weighted by Gasteiger charge is -2.20. The summed E-state index contributed by atoms with van der Waals surface area (Å²) in [6, 6.07) is 6.71. The molecule has 18 heavy (non-hydrogen) atoms. The molecule has 3 heteroatoms. The summed E-state index contributed by atoms with van der Waals surface area (Å²) in [5, 5.41) is 3.02. The number of benzene rings is 1. The van der Waals surface area contributed by atoms with E-state index in [1.54, 1.807) is 0 Å². The van der Waals surface area contributed by atoms with E-state index in [2.05, 4.69) is 39.4 Å². The molecule has 1 aromatic rings. The van der Waals surface area contributed by atoms with Gasteiger partial charge >= 0.3 is 0 Å². The van der Waals surface area contributed by atoms with E-state index in [0.29, 0.717) is 0 Å². The molecule has 0 bridgehead atoms. The van der Waals surface area contributed by atoms with Crippen molar-refractivity contribution in [3.63, 3.8) is 0 Å². The first-order chi connectivity index (χ1) is 8.58. The number of carbonyl (C=O) groups is 1. The quantitative estimate of drug-likeness (QED) is 0.850. The molecule has 0 radical (unpaired) electrons. The van der Waals surface area contributed by atoms with Gasteiger partial charge in [0.05, 0.1) is 10.9 Å². The van der Waals surface area contributed by atoms with Crippen LogP contribution in [0.2, 0.25) is 0 Å². The van der Waals surface area contributed by atoms with E-state index in [-0.39, 0.29) is 16.8 Å². The molecule has 0 fully saturated rings. The number of nitrogens with one attached hydrogen (secondary N) is 1. The van der Waals surface area contributed by atoms with Crippen LogP contribution in [0, 0.1) is 0 Å². The van der Waals surface area contributed by atoms with Gasteiger partial charge < -0.3 is 5.32 Å². The fraction of sp³-hybridized carbons (Fsp3) is 0.533. The third kappa shape index (κ3) is 3.14. The van der Waals surface area contributed by atoms with Crippen molar-refractivity contribution in [1.29, 1.82) is 0 Å². The summed E-state index contributed by atoms with van der Waals surface area (Å²) in [7, 11) is 0. The van der Waals surface area contributed by atoms with E-state index < -0.39 is 0 Å². The molecule has 1 amide bonds. The Labute approximate surface area is 117 Å². The average Bonchev–Trinajstić information content (AvgIpc) is 2.37. The van der Waals surface area contributed by atoms with Gasteiger partial charge in [-0.05, 0) is 56.2 Å². The van der Waals surface area contributed by atoms with Gasteiger partial charge in [-0.15, -0.1) is 0 Å². The molecule has 2 atom stereocenters. The third-order valence-electron chi connectivity index (χ3n) is 3.59. The first kappa shape index (κ1) is 13.6. The lowest BCUT2D eigenvalue weighted by atomic mass is 9.89. The zero-order chi connectivity index (χ0) is 13.1. The molecular formula is C15H20BrNO. The van der Waals surface area contributed by atoms with Crippen LogP contribution in [0.1, 0.15) is 49.4 Å². The zero-order valence-electron chi connectivity index (χ0n) is 11.0. The number of halogens is 1. The fourth-order valence-corrected chi connectivity index (χ4v) is 2.57. The summed E-state index contributed by atoms with van der Waals surface area (Å²) >= 11 is 3.29. The lowest BCUT2D eigenvalue weighted by molar-refractivity contribution is -0.120. The van der Waals surface area contributed by atoms with Crippen LogP contribution in [0.4, 0.5) is 0 Å². The van der Waals surface area contributed by atoms with Gasteiger partial charge in [0, 0.05) is 0 Å². The van der Waals surface area contributed by atoms with Gasteiger partial charge in [-0.25, -0.2) is 0 Å². The number of hydrogen-bond donors (Lipinski definition) is 1. The van der Waals surface area contributed by atoms with E-state index in [1.807, 2.05) is 13.8 Å². The Morgan fingerprint density at radius 3 is 2.56 bits per heavy atom. The summed E-state index contributed by atoms with van der Waals surface area (Å²) in [5.74, 6) is 0.0419. The highest BCUT2D eigenvalue weighted by Gasteiger charge is 2.15. The first-order valence-electron chi connectivity index (χ1n) is 6.64. The van der Waals surface area contributed by atoms with Gasteiger partial charge in [0.15, 0.2) is 0 Å². The van der Waals surface area contributed by atoms with Gasteiger partial charge in [-0.1, -0.05) is 34.1 Å². The molecular weight excluding hydrogens is 290 g/mol. The monoisotopic (exact) mass is 309 g/mol. The molecule has 0 aromatic heterocycles. The summed E-state index contributed by atoms with van der Waals surface area (Å²) in [4.78, 5) is 11.5. The minimum absolute atomic E-state index is 0.0419. The van der Waals surface area contributed by atoms with Crippen LogP contribution in [-0.2, 0) is 17.6 Å². The molecule has 2 nitrogen and oxygen atoms in total. The molecule has 0 heterocycles. The second-order valence-corrected chi connectivity index (χ2v) is 6.46. The normalized spacial score (nSPS) is 17.7. The van der Waals surface area contributed by atoms with Crippen molar-refractivity contribution in [2.45, 2.75) is 50.4 Å². The molecule has 0 saturated carbocycles. The van der Waals surface area contributed by atoms with Gasteiger partial charge in [0.25, 0.3) is 0 Å². The largest absolute Gasteiger partial charge is 0.349 e. The zero-order valence-corrected chi connectivity index (χ0v) is 12.6. The van der Waals surface area contributed by atoms with Crippen LogP contribution >= 0.6 is 15.9 Å². The smallest absolute Gasteiger partial charge is 0.233 e. The fourth-order valence-electron chi connectivity index (χ4n) is 2.43. The van der Waals surface area contributed by atoms with Crippen LogP contribution in [0.25, 0.3) is 0 Å². The maximum absolute atomic E-state index is 11.7. The van der Waals surface area contributed by atoms with Crippen LogP contribution in [0.5, 0.6) is 0 Å². The van der Waals surface area contributed by atoms with E-state index >= 15 is 0 Å². The second kappa shape index (κ2) is 5.87. The Morgan fingerprint density at radius 1 is 1.22 bits per heavy atom. The van der Waals surface area contributed by atoms with Crippen molar-refractivity contribution in [2.24, 2.45) is 0 Å². The molecule has 1 aliphatic carbocycles. The predicted molar refractivity (Wildman–Crippen MR) is 78.0 cm³/mol. The Bertz CT molecular complexity index is 442. The molecule has 1 aromatic carbocycles. The number of carbonyl (C=O) groups excluding carboxylic acids is 1. The Balaban J connectivity index is 2.11. The maximum Gasteiger partial charge on any atom is 0.233 e. The highest BCUT2D eigenvalue weighted by atomic mass is 79.9. The number of amides is 1. The van der Waals surface area contributed by atoms with E-state index in [1.165, 1.54) is 42.4 Å². The molecule has 1 N–H and O–H groups in total. The Morgan fingerprint density at radius 2 is 1.89 bits per heavy atom. The topological polar surface area (TPSA) is 29.1 Å². The predicted octanol–water partition coefficient (Wildman–Crippen LogP) is 3.53. The number of aryl methyl sites for hydroxylation is 2. The molecule has 0 aliphatic heterocycles. The third-order valence-corrected chi connectivity index (χ3v) is 4.01. The summed E-state index contributed by atoms with van der Waals surface area (Å²) in [6.45, 7) is 3.88. The molecule has 98 valence electrons. The number of alkyl halides is 1. The molecule has 0 spiro atoms. The maximum atomic E-state index is 11.7. The van der Waals surface area contributed by atoms with Gasteiger partial charge in [0.1, 0.15) is 0 Å². The summed E-state index contributed by atoms with van der Waals surface area (Å²) < 4.78 is 0. The molecule has 2 rings (SSSR count). The van der Waals surface area contributed by atoms with Crippen LogP contribution in [-0.4, -0.2) is 10.7 Å². The van der Waals surface area contributed by atoms with Crippen molar-refractivity contribution >= 4 is 21.8 Å². The highest BCUT2D eigenvalue weighted by molar-refractivity contribution is 9.10. The average molecular weight is 310 g/mol. The summed E-state index contributed by atoms with van der Waals surface area (Å²) in [6.07, 6.45) is 4.98. The Hall–Kier alpha value is -0.830. The van der Waals surface area contributed by atoms with Crippen molar-refractivity contribution in [3.05, 3.63) is 34.9 Å². The van der Waals surface area contributed by atoms with E-state index in [9.17, 15) is 4.79 Å². The molecule has 2 unspecified atom stereocenters. The van der Waals surface area contributed by atoms with Crippen molar-refractivity contribution < 1.29 is 4.79 Å². The van der Waals surface area contributed by atoms with Crippen molar-refractivity contribution in [1.82, 2.24) is 5.32 Å². The van der Waals surface area contributed by atoms with Gasteiger partial charge in [0.2, 0.25) is 5.91 Å². The van der Waals surface area contributed by atoms with Crippen LogP contribution in [0.3, 0.4) is 0 Å². The minimum Gasteiger partial charge on any atom is -0.349 e. The highest BCUT2D eigenvalue weighted by Crippen LogP contribution is 2.24. The molecule has 0 saturated heterocycles. The number of hydrogen-bond acceptors (Lipinski definition) is 1. The Kier molecular flexibility index (Phi) is 4.44. The lowest BCUT2D eigenvalue weighted by Crippen LogP contribution is -2.31. The van der Waals surface area contributed by atoms with E-state index in [0.717, 1.165) is 0 Å². The first-order valence-corrected chi connectivity index (χ1v) is 7.55. The minimum atomic E-state index is -0.141. The van der Waals surface area contributed by atoms with E-state index in [4.69, 9.17) is 0 Å². The number of rotatable bonds is 3.